The average molecular weight is 374 g/mol. The summed E-state index contributed by atoms with van der Waals surface area (Å²) in [6.45, 7) is 3.33. The van der Waals surface area contributed by atoms with Crippen molar-refractivity contribution in [1.29, 1.82) is 0 Å². The number of nitrogens with zero attached hydrogens (tertiary/aromatic N) is 1. The number of benzene rings is 2. The van der Waals surface area contributed by atoms with Crippen molar-refractivity contribution in [2.24, 2.45) is 0 Å². The molecule has 5 nitrogen and oxygen atoms in total. The highest BCUT2D eigenvalue weighted by Crippen LogP contribution is 2.28. The van der Waals surface area contributed by atoms with Crippen molar-refractivity contribution in [2.75, 3.05) is 38.6 Å². The second-order valence-electron chi connectivity index (χ2n) is 6.31. The van der Waals surface area contributed by atoms with Crippen molar-refractivity contribution < 1.29 is 9.53 Å². The Morgan fingerprint density at radius 2 is 2.15 bits per heavy atom. The maximum Gasteiger partial charge on any atom is 0.225 e. The molecule has 1 amide bonds. The van der Waals surface area contributed by atoms with Crippen LogP contribution in [0, 0.1) is 0 Å². The van der Waals surface area contributed by atoms with E-state index in [1.54, 1.807) is 7.11 Å². The van der Waals surface area contributed by atoms with Gasteiger partial charge in [-0.1, -0.05) is 35.9 Å². The largest absolute Gasteiger partial charge is 0.497 e. The number of nitrogens with one attached hydrogen (secondary N) is 2. The molecule has 2 aromatic rings. The molecule has 2 N–H and O–H groups in total. The van der Waals surface area contributed by atoms with Crippen molar-refractivity contribution in [3.63, 3.8) is 0 Å². The summed E-state index contributed by atoms with van der Waals surface area (Å²) >= 11 is 6.38. The molecule has 0 saturated carbocycles. The van der Waals surface area contributed by atoms with Crippen LogP contribution < -0.4 is 15.4 Å². The number of halogens is 1. The van der Waals surface area contributed by atoms with Crippen molar-refractivity contribution in [1.82, 2.24) is 10.2 Å². The van der Waals surface area contributed by atoms with Gasteiger partial charge in [-0.25, -0.2) is 0 Å². The molecule has 1 heterocycles. The summed E-state index contributed by atoms with van der Waals surface area (Å²) in [7, 11) is 1.61. The molecule has 1 unspecified atom stereocenters. The summed E-state index contributed by atoms with van der Waals surface area (Å²) < 4.78 is 5.19. The molecular weight excluding hydrogens is 350 g/mol. The number of methoxy groups -OCH3 is 1. The summed E-state index contributed by atoms with van der Waals surface area (Å²) in [6.07, 6.45) is 0.429. The van der Waals surface area contributed by atoms with E-state index in [2.05, 4.69) is 21.6 Å². The summed E-state index contributed by atoms with van der Waals surface area (Å²) in [5.41, 5.74) is 1.85. The topological polar surface area (TPSA) is 53.6 Å². The average Bonchev–Trinajstić information content (AvgIpc) is 2.67. The van der Waals surface area contributed by atoms with Gasteiger partial charge in [0.15, 0.2) is 0 Å². The van der Waals surface area contributed by atoms with Gasteiger partial charge in [0.2, 0.25) is 5.91 Å². The highest BCUT2D eigenvalue weighted by Gasteiger charge is 2.25. The van der Waals surface area contributed by atoms with Crippen molar-refractivity contribution in [3.05, 3.63) is 59.1 Å². The highest BCUT2D eigenvalue weighted by atomic mass is 35.5. The van der Waals surface area contributed by atoms with Gasteiger partial charge in [-0.3, -0.25) is 9.69 Å². The summed E-state index contributed by atoms with van der Waals surface area (Å²) in [5, 5.41) is 7.12. The molecule has 0 aromatic heterocycles. The van der Waals surface area contributed by atoms with Crippen LogP contribution >= 0.6 is 11.6 Å². The third kappa shape index (κ3) is 4.75. The number of piperazine rings is 1. The number of hydrogen-bond acceptors (Lipinski definition) is 4. The third-order valence-electron chi connectivity index (χ3n) is 4.60. The maximum absolute atomic E-state index is 12.3. The van der Waals surface area contributed by atoms with E-state index in [1.165, 1.54) is 0 Å². The molecule has 0 spiro atoms. The lowest BCUT2D eigenvalue weighted by molar-refractivity contribution is -0.116. The Morgan fingerprint density at radius 1 is 1.31 bits per heavy atom. The molecule has 1 atom stereocenters. The molecule has 0 radical (unpaired) electrons. The van der Waals surface area contributed by atoms with Gasteiger partial charge in [0.25, 0.3) is 0 Å². The van der Waals surface area contributed by atoms with Crippen LogP contribution in [0.25, 0.3) is 0 Å². The predicted molar refractivity (Wildman–Crippen MR) is 105 cm³/mol. The van der Waals surface area contributed by atoms with Crippen molar-refractivity contribution >= 4 is 23.2 Å². The highest BCUT2D eigenvalue weighted by molar-refractivity contribution is 6.31. The van der Waals surface area contributed by atoms with Crippen LogP contribution in [0.4, 0.5) is 5.69 Å². The fourth-order valence-electron chi connectivity index (χ4n) is 3.24. The first kappa shape index (κ1) is 18.7. The number of ether oxygens (including phenoxy) is 1. The van der Waals surface area contributed by atoms with Crippen molar-refractivity contribution in [2.45, 2.75) is 12.5 Å². The van der Waals surface area contributed by atoms with Crippen LogP contribution in [0.5, 0.6) is 5.75 Å². The fourth-order valence-corrected chi connectivity index (χ4v) is 3.50. The molecule has 1 aliphatic heterocycles. The van der Waals surface area contributed by atoms with Gasteiger partial charge in [0.1, 0.15) is 5.75 Å². The van der Waals surface area contributed by atoms with E-state index in [4.69, 9.17) is 16.3 Å². The molecule has 3 rings (SSSR count). The van der Waals surface area contributed by atoms with Crippen LogP contribution in [0.3, 0.4) is 0 Å². The number of rotatable bonds is 6. The lowest BCUT2D eigenvalue weighted by Crippen LogP contribution is -2.46. The van der Waals surface area contributed by atoms with Crippen LogP contribution in [0.2, 0.25) is 5.02 Å². The van der Waals surface area contributed by atoms with Gasteiger partial charge in [0.05, 0.1) is 7.11 Å². The number of anilines is 1. The normalized spacial score (nSPS) is 17.7. The van der Waals surface area contributed by atoms with E-state index >= 15 is 0 Å². The molecule has 2 aromatic carbocycles. The monoisotopic (exact) mass is 373 g/mol. The van der Waals surface area contributed by atoms with Gasteiger partial charge in [-0.15, -0.1) is 0 Å². The second kappa shape index (κ2) is 9.03. The first-order chi connectivity index (χ1) is 12.7. The minimum atomic E-state index is -0.00491. The van der Waals surface area contributed by atoms with Crippen LogP contribution in [-0.4, -0.2) is 44.1 Å². The lowest BCUT2D eigenvalue weighted by atomic mass is 10.0. The van der Waals surface area contributed by atoms with Crippen LogP contribution in [0.15, 0.2) is 48.5 Å². The van der Waals surface area contributed by atoms with Gasteiger partial charge in [0, 0.05) is 55.4 Å². The standard InChI is InChI=1S/C20H24ClN3O2/c1-26-16-6-4-5-15(13-16)23-20(25)9-11-24-12-10-22-14-19(24)17-7-2-3-8-18(17)21/h2-8,13,19,22H,9-12,14H2,1H3,(H,23,25). The molecule has 6 heteroatoms. The zero-order valence-corrected chi connectivity index (χ0v) is 15.6. The Kier molecular flexibility index (Phi) is 6.50. The van der Waals surface area contributed by atoms with Crippen LogP contribution in [-0.2, 0) is 4.79 Å². The number of hydrogen-bond donors (Lipinski definition) is 2. The Hall–Kier alpha value is -2.08. The Morgan fingerprint density at radius 3 is 2.96 bits per heavy atom. The second-order valence-corrected chi connectivity index (χ2v) is 6.71. The summed E-state index contributed by atoms with van der Waals surface area (Å²) in [6, 6.07) is 15.5. The Bertz CT molecular complexity index is 753. The SMILES string of the molecule is COc1cccc(NC(=O)CCN2CCNCC2c2ccccc2Cl)c1. The fraction of sp³-hybridized carbons (Fsp3) is 0.350. The van der Waals surface area contributed by atoms with Crippen molar-refractivity contribution in [3.8, 4) is 5.75 Å². The molecule has 0 bridgehead atoms. The van der Waals surface area contributed by atoms with Gasteiger partial charge in [-0.05, 0) is 23.8 Å². The smallest absolute Gasteiger partial charge is 0.225 e. The lowest BCUT2D eigenvalue weighted by Gasteiger charge is -2.36. The molecule has 26 heavy (non-hydrogen) atoms. The minimum Gasteiger partial charge on any atom is -0.497 e. The predicted octanol–water partition coefficient (Wildman–Crippen LogP) is 3.32. The number of carbonyl (C=O) groups excluding carboxylic acids is 1. The molecule has 0 aliphatic carbocycles. The van der Waals surface area contributed by atoms with E-state index in [1.807, 2.05) is 42.5 Å². The molecule has 138 valence electrons. The Labute approximate surface area is 159 Å². The number of carbonyl (C=O) groups is 1. The quantitative estimate of drug-likeness (QED) is 0.815. The first-order valence-corrected chi connectivity index (χ1v) is 9.18. The maximum atomic E-state index is 12.3. The zero-order valence-electron chi connectivity index (χ0n) is 14.9. The molecule has 1 fully saturated rings. The van der Waals surface area contributed by atoms with E-state index in [9.17, 15) is 4.79 Å². The van der Waals surface area contributed by atoms with Gasteiger partial charge in [-0.2, -0.15) is 0 Å². The van der Waals surface area contributed by atoms with E-state index < -0.39 is 0 Å². The minimum absolute atomic E-state index is 0.00491. The summed E-state index contributed by atoms with van der Waals surface area (Å²) in [4.78, 5) is 14.7. The molecule has 1 aliphatic rings. The molecular formula is C20H24ClN3O2. The summed E-state index contributed by atoms with van der Waals surface area (Å²) in [5.74, 6) is 0.721. The van der Waals surface area contributed by atoms with Crippen LogP contribution in [0.1, 0.15) is 18.0 Å². The van der Waals surface area contributed by atoms with Gasteiger partial charge >= 0.3 is 0 Å². The van der Waals surface area contributed by atoms with E-state index in [0.29, 0.717) is 13.0 Å². The Balaban J connectivity index is 1.60. The van der Waals surface area contributed by atoms with E-state index in [-0.39, 0.29) is 11.9 Å². The number of amides is 1. The first-order valence-electron chi connectivity index (χ1n) is 8.80. The zero-order chi connectivity index (χ0) is 18.4. The van der Waals surface area contributed by atoms with E-state index in [0.717, 1.165) is 41.7 Å². The van der Waals surface area contributed by atoms with Gasteiger partial charge < -0.3 is 15.4 Å². The molecule has 1 saturated heterocycles. The third-order valence-corrected chi connectivity index (χ3v) is 4.94.